The lowest BCUT2D eigenvalue weighted by molar-refractivity contribution is -0.143. The van der Waals surface area contributed by atoms with Crippen LogP contribution in [0.25, 0.3) is 6.08 Å². The van der Waals surface area contributed by atoms with Gasteiger partial charge in [0.1, 0.15) is 0 Å². The summed E-state index contributed by atoms with van der Waals surface area (Å²) in [5.41, 5.74) is 0. The molecule has 0 aliphatic rings. The maximum atomic E-state index is 11.8. The lowest BCUT2D eigenvalue weighted by Crippen LogP contribution is -2.27. The van der Waals surface area contributed by atoms with Gasteiger partial charge in [-0.3, -0.25) is 9.59 Å². The molecule has 0 saturated heterocycles. The van der Waals surface area contributed by atoms with Crippen LogP contribution in [-0.4, -0.2) is 37.0 Å². The molecule has 1 amide bonds. The van der Waals surface area contributed by atoms with Gasteiger partial charge in [0.15, 0.2) is 0 Å². The second-order valence-corrected chi connectivity index (χ2v) is 5.54. The summed E-state index contributed by atoms with van der Waals surface area (Å²) in [4.78, 5) is 25.3. The first kappa shape index (κ1) is 15.7. The van der Waals surface area contributed by atoms with E-state index >= 15 is 0 Å². The molecule has 1 aromatic heterocycles. The zero-order valence-corrected chi connectivity index (χ0v) is 12.5. The van der Waals surface area contributed by atoms with E-state index in [-0.39, 0.29) is 18.3 Å². The van der Waals surface area contributed by atoms with Gasteiger partial charge >= 0.3 is 5.97 Å². The molecule has 0 bridgehead atoms. The predicted molar refractivity (Wildman–Crippen MR) is 77.3 cm³/mol. The summed E-state index contributed by atoms with van der Waals surface area (Å²) >= 11 is 7.19. The number of likely N-dealkylation sites (N-methyl/N-ethyl adjacent to an activating group) is 1. The molecule has 104 valence electrons. The predicted octanol–water partition coefficient (Wildman–Crippen LogP) is 2.83. The van der Waals surface area contributed by atoms with Gasteiger partial charge in [-0.1, -0.05) is 11.6 Å². The van der Waals surface area contributed by atoms with Crippen LogP contribution < -0.4 is 0 Å². The van der Waals surface area contributed by atoms with Crippen molar-refractivity contribution in [2.24, 2.45) is 0 Å². The number of halogens is 1. The number of carbonyl (C=O) groups excluding carboxylic acids is 2. The lowest BCUT2D eigenvalue weighted by atomic mass is 10.3. The molecule has 0 atom stereocenters. The van der Waals surface area contributed by atoms with Crippen molar-refractivity contribution in [3.8, 4) is 0 Å². The number of esters is 1. The molecule has 0 aliphatic carbocycles. The fourth-order valence-corrected chi connectivity index (χ4v) is 2.26. The van der Waals surface area contributed by atoms with E-state index in [4.69, 9.17) is 16.3 Å². The molecule has 19 heavy (non-hydrogen) atoms. The Hall–Kier alpha value is -1.33. The Labute approximate surface area is 121 Å². The smallest absolute Gasteiger partial charge is 0.307 e. The molecule has 0 spiro atoms. The largest absolute Gasteiger partial charge is 0.466 e. The number of hydrogen-bond donors (Lipinski definition) is 0. The second-order valence-electron chi connectivity index (χ2n) is 3.79. The Morgan fingerprint density at radius 1 is 1.47 bits per heavy atom. The third kappa shape index (κ3) is 5.89. The van der Waals surface area contributed by atoms with E-state index in [1.54, 1.807) is 26.1 Å². The summed E-state index contributed by atoms with van der Waals surface area (Å²) in [5, 5.41) is 0. The van der Waals surface area contributed by atoms with Gasteiger partial charge in [0.05, 0.1) is 17.4 Å². The molecular formula is C13H16ClNO3S. The van der Waals surface area contributed by atoms with Crippen molar-refractivity contribution in [1.29, 1.82) is 0 Å². The Morgan fingerprint density at radius 2 is 2.21 bits per heavy atom. The maximum Gasteiger partial charge on any atom is 0.307 e. The first-order valence-electron chi connectivity index (χ1n) is 5.87. The molecule has 4 nitrogen and oxygen atoms in total. The number of hydrogen-bond acceptors (Lipinski definition) is 4. The number of carbonyl (C=O) groups is 2. The molecule has 0 N–H and O–H groups in total. The van der Waals surface area contributed by atoms with Crippen LogP contribution in [-0.2, 0) is 14.3 Å². The van der Waals surface area contributed by atoms with Gasteiger partial charge in [-0.25, -0.2) is 0 Å². The van der Waals surface area contributed by atoms with Gasteiger partial charge in [0.2, 0.25) is 5.91 Å². The maximum absolute atomic E-state index is 11.8. The van der Waals surface area contributed by atoms with Gasteiger partial charge in [-0.2, -0.15) is 0 Å². The summed E-state index contributed by atoms with van der Waals surface area (Å²) in [7, 11) is 1.65. The Kier molecular flexibility index (Phi) is 6.59. The van der Waals surface area contributed by atoms with Crippen LogP contribution in [0.3, 0.4) is 0 Å². The van der Waals surface area contributed by atoms with Crippen molar-refractivity contribution in [2.75, 3.05) is 20.2 Å². The lowest BCUT2D eigenvalue weighted by Gasteiger charge is -2.14. The van der Waals surface area contributed by atoms with Crippen LogP contribution >= 0.6 is 22.9 Å². The van der Waals surface area contributed by atoms with Crippen molar-refractivity contribution in [3.63, 3.8) is 0 Å². The van der Waals surface area contributed by atoms with Gasteiger partial charge in [-0.05, 0) is 25.1 Å². The molecule has 1 aromatic rings. The van der Waals surface area contributed by atoms with E-state index < -0.39 is 0 Å². The minimum atomic E-state index is -0.295. The highest BCUT2D eigenvalue weighted by molar-refractivity contribution is 7.17. The average Bonchev–Trinajstić information content (AvgIpc) is 2.79. The Bertz CT molecular complexity index is 470. The van der Waals surface area contributed by atoms with Crippen LogP contribution in [0.1, 0.15) is 18.2 Å². The highest BCUT2D eigenvalue weighted by atomic mass is 35.5. The molecular weight excluding hydrogens is 286 g/mol. The average molecular weight is 302 g/mol. The summed E-state index contributed by atoms with van der Waals surface area (Å²) in [5.74, 6) is -0.454. The van der Waals surface area contributed by atoms with E-state index in [1.807, 2.05) is 6.07 Å². The molecule has 6 heteroatoms. The van der Waals surface area contributed by atoms with Gasteiger partial charge in [-0.15, -0.1) is 11.3 Å². The molecule has 1 heterocycles. The number of thiophene rings is 1. The monoisotopic (exact) mass is 301 g/mol. The van der Waals surface area contributed by atoms with Gasteiger partial charge < -0.3 is 9.64 Å². The topological polar surface area (TPSA) is 46.6 Å². The van der Waals surface area contributed by atoms with Crippen molar-refractivity contribution >= 4 is 40.9 Å². The highest BCUT2D eigenvalue weighted by Gasteiger charge is 2.08. The summed E-state index contributed by atoms with van der Waals surface area (Å²) < 4.78 is 5.48. The molecule has 0 saturated carbocycles. The third-order valence-corrected chi connectivity index (χ3v) is 3.51. The summed E-state index contributed by atoms with van der Waals surface area (Å²) in [6.45, 7) is 2.45. The van der Waals surface area contributed by atoms with E-state index in [0.717, 1.165) is 4.88 Å². The number of nitrogens with zero attached hydrogens (tertiary/aromatic N) is 1. The quantitative estimate of drug-likeness (QED) is 0.599. The number of rotatable bonds is 6. The van der Waals surface area contributed by atoms with Crippen LogP contribution in [0.4, 0.5) is 0 Å². The minimum absolute atomic E-state index is 0.158. The van der Waals surface area contributed by atoms with Crippen molar-refractivity contribution in [2.45, 2.75) is 13.3 Å². The molecule has 0 radical (unpaired) electrons. The molecule has 0 fully saturated rings. The van der Waals surface area contributed by atoms with Crippen molar-refractivity contribution < 1.29 is 14.3 Å². The second kappa shape index (κ2) is 7.96. The Balaban J connectivity index is 2.40. The standard InChI is InChI=1S/C13H16ClNO3S/c1-3-18-13(17)8-9-15(2)12(16)7-5-10-4-6-11(14)19-10/h4-7H,3,8-9H2,1-2H3. The van der Waals surface area contributed by atoms with E-state index in [1.165, 1.54) is 22.3 Å². The van der Waals surface area contributed by atoms with Crippen LogP contribution in [0.2, 0.25) is 4.34 Å². The van der Waals surface area contributed by atoms with Crippen LogP contribution in [0, 0.1) is 0 Å². The normalized spacial score (nSPS) is 10.7. The van der Waals surface area contributed by atoms with Gasteiger partial charge in [0.25, 0.3) is 0 Å². The third-order valence-electron chi connectivity index (χ3n) is 2.32. The van der Waals surface area contributed by atoms with E-state index in [9.17, 15) is 9.59 Å². The van der Waals surface area contributed by atoms with E-state index in [2.05, 4.69) is 0 Å². The highest BCUT2D eigenvalue weighted by Crippen LogP contribution is 2.22. The molecule has 0 unspecified atom stereocenters. The zero-order chi connectivity index (χ0) is 14.3. The first-order chi connectivity index (χ1) is 9.02. The van der Waals surface area contributed by atoms with E-state index in [0.29, 0.717) is 17.5 Å². The van der Waals surface area contributed by atoms with Crippen molar-refractivity contribution in [3.05, 3.63) is 27.4 Å². The number of ether oxygens (including phenoxy) is 1. The molecule has 0 aliphatic heterocycles. The zero-order valence-electron chi connectivity index (χ0n) is 10.9. The SMILES string of the molecule is CCOC(=O)CCN(C)C(=O)C=Cc1ccc(Cl)s1. The van der Waals surface area contributed by atoms with Gasteiger partial charge in [0, 0.05) is 24.5 Å². The van der Waals surface area contributed by atoms with Crippen LogP contribution in [0.5, 0.6) is 0 Å². The first-order valence-corrected chi connectivity index (χ1v) is 7.06. The van der Waals surface area contributed by atoms with Crippen LogP contribution in [0.15, 0.2) is 18.2 Å². The number of amides is 1. The summed E-state index contributed by atoms with van der Waals surface area (Å²) in [6, 6.07) is 3.62. The fourth-order valence-electron chi connectivity index (χ4n) is 1.30. The Morgan fingerprint density at radius 3 is 2.79 bits per heavy atom. The summed E-state index contributed by atoms with van der Waals surface area (Å²) in [6.07, 6.45) is 3.38. The molecule has 1 rings (SSSR count). The molecule has 0 aromatic carbocycles. The minimum Gasteiger partial charge on any atom is -0.466 e. The van der Waals surface area contributed by atoms with Crippen molar-refractivity contribution in [1.82, 2.24) is 4.90 Å². The fraction of sp³-hybridized carbons (Fsp3) is 0.385.